The van der Waals surface area contributed by atoms with Gasteiger partial charge < -0.3 is 14.6 Å². The van der Waals surface area contributed by atoms with Gasteiger partial charge in [0.2, 0.25) is 0 Å². The second kappa shape index (κ2) is 9.14. The number of esters is 1. The molecule has 0 saturated heterocycles. The Labute approximate surface area is 138 Å². The minimum atomic E-state index is -0.858. The number of hydrogen-bond donors (Lipinski definition) is 1. The number of aliphatic hydroxyl groups is 1. The molecule has 0 saturated carbocycles. The summed E-state index contributed by atoms with van der Waals surface area (Å²) in [6.07, 6.45) is 7.19. The van der Waals surface area contributed by atoms with E-state index in [2.05, 4.69) is 10.7 Å². The van der Waals surface area contributed by atoms with Crippen LogP contribution in [0.15, 0.2) is 42.5 Å². The van der Waals surface area contributed by atoms with Gasteiger partial charge in [-0.1, -0.05) is 50.3 Å². The normalized spacial score (nSPS) is 14.2. The largest absolute Gasteiger partial charge is 0.466 e. The third kappa shape index (κ3) is 6.27. The van der Waals surface area contributed by atoms with Crippen molar-refractivity contribution >= 4 is 5.97 Å². The average Bonchev–Trinajstić information content (AvgIpc) is 2.56. The summed E-state index contributed by atoms with van der Waals surface area (Å²) in [6, 6.07) is 9.67. The number of carbonyl (C=O) groups is 1. The van der Waals surface area contributed by atoms with Crippen molar-refractivity contribution in [2.75, 3.05) is 7.11 Å². The first kappa shape index (κ1) is 19.0. The van der Waals surface area contributed by atoms with Crippen molar-refractivity contribution in [3.05, 3.63) is 48.0 Å². The fraction of sp³-hybridized carbons (Fsp3) is 0.421. The van der Waals surface area contributed by atoms with Gasteiger partial charge in [0.1, 0.15) is 0 Å². The number of rotatable bonds is 8. The zero-order valence-corrected chi connectivity index (χ0v) is 13.9. The van der Waals surface area contributed by atoms with Gasteiger partial charge in [-0.3, -0.25) is 0 Å². The van der Waals surface area contributed by atoms with Crippen molar-refractivity contribution in [2.24, 2.45) is 5.41 Å². The van der Waals surface area contributed by atoms with Crippen LogP contribution in [0.25, 0.3) is 0 Å². The summed E-state index contributed by atoms with van der Waals surface area (Å²) in [5.41, 5.74) is 0.316. The first-order valence-electron chi connectivity index (χ1n) is 7.45. The number of terminal acetylenes is 1. The lowest BCUT2D eigenvalue weighted by Crippen LogP contribution is -2.40. The summed E-state index contributed by atoms with van der Waals surface area (Å²) in [6.45, 7) is 3.99. The molecule has 1 N–H and O–H groups in total. The van der Waals surface area contributed by atoms with Crippen molar-refractivity contribution < 1.29 is 19.4 Å². The first-order chi connectivity index (χ1) is 10.9. The Morgan fingerprint density at radius 1 is 1.39 bits per heavy atom. The van der Waals surface area contributed by atoms with Gasteiger partial charge in [-0.2, -0.15) is 0 Å². The topological polar surface area (TPSA) is 55.8 Å². The number of hydrogen-bond acceptors (Lipinski definition) is 4. The van der Waals surface area contributed by atoms with Crippen LogP contribution in [0.1, 0.15) is 25.8 Å². The van der Waals surface area contributed by atoms with E-state index in [4.69, 9.17) is 11.2 Å². The van der Waals surface area contributed by atoms with Crippen LogP contribution in [0.2, 0.25) is 0 Å². The van der Waals surface area contributed by atoms with E-state index in [1.807, 2.05) is 44.2 Å². The van der Waals surface area contributed by atoms with Gasteiger partial charge in [-0.15, -0.1) is 12.3 Å². The smallest absolute Gasteiger partial charge is 0.330 e. The predicted octanol–water partition coefficient (Wildman–Crippen LogP) is 2.71. The third-order valence-corrected chi connectivity index (χ3v) is 3.59. The highest BCUT2D eigenvalue weighted by molar-refractivity contribution is 5.81. The Hall–Kier alpha value is -2.09. The average molecular weight is 316 g/mol. The van der Waals surface area contributed by atoms with Gasteiger partial charge in [0, 0.05) is 17.9 Å². The zero-order chi connectivity index (χ0) is 17.3. The number of aliphatic hydroxyl groups excluding tert-OH is 1. The van der Waals surface area contributed by atoms with Crippen molar-refractivity contribution in [2.45, 2.75) is 39.1 Å². The van der Waals surface area contributed by atoms with Crippen molar-refractivity contribution in [3.8, 4) is 12.3 Å². The number of benzene rings is 1. The van der Waals surface area contributed by atoms with Crippen molar-refractivity contribution in [3.63, 3.8) is 0 Å². The second-order valence-electron chi connectivity index (χ2n) is 5.87. The van der Waals surface area contributed by atoms with Gasteiger partial charge in [0.05, 0.1) is 25.9 Å². The maximum absolute atomic E-state index is 11.2. The van der Waals surface area contributed by atoms with Crippen LogP contribution in [0, 0.1) is 17.8 Å². The molecule has 2 atom stereocenters. The molecule has 0 radical (unpaired) electrons. The highest BCUT2D eigenvalue weighted by atomic mass is 16.5. The first-order valence-corrected chi connectivity index (χ1v) is 7.45. The zero-order valence-electron chi connectivity index (χ0n) is 13.9. The summed E-state index contributed by atoms with van der Waals surface area (Å²) in [5, 5.41) is 10.6. The highest BCUT2D eigenvalue weighted by Gasteiger charge is 2.33. The van der Waals surface area contributed by atoms with E-state index in [0.29, 0.717) is 6.61 Å². The molecule has 0 aliphatic heterocycles. The van der Waals surface area contributed by atoms with Gasteiger partial charge in [0.25, 0.3) is 0 Å². The van der Waals surface area contributed by atoms with Crippen LogP contribution in [-0.2, 0) is 20.9 Å². The lowest BCUT2D eigenvalue weighted by atomic mass is 9.82. The SMILES string of the molecule is C#CCC(OCc1ccccc1)[C@H](O)C(C)(C)/C=C/C(=O)OC. The van der Waals surface area contributed by atoms with E-state index in [1.165, 1.54) is 13.2 Å². The van der Waals surface area contributed by atoms with Crippen LogP contribution in [0.4, 0.5) is 0 Å². The third-order valence-electron chi connectivity index (χ3n) is 3.59. The molecule has 0 aromatic heterocycles. The van der Waals surface area contributed by atoms with Gasteiger partial charge in [-0.05, 0) is 5.56 Å². The quantitative estimate of drug-likeness (QED) is 0.455. The van der Waals surface area contributed by atoms with Crippen molar-refractivity contribution in [1.29, 1.82) is 0 Å². The molecule has 0 aliphatic rings. The summed E-state index contributed by atoms with van der Waals surface area (Å²) in [4.78, 5) is 11.2. The fourth-order valence-corrected chi connectivity index (χ4v) is 2.08. The van der Waals surface area contributed by atoms with Crippen LogP contribution in [0.5, 0.6) is 0 Å². The minimum Gasteiger partial charge on any atom is -0.466 e. The van der Waals surface area contributed by atoms with E-state index in [1.54, 1.807) is 6.08 Å². The number of carbonyl (C=O) groups excluding carboxylic acids is 1. The van der Waals surface area contributed by atoms with Gasteiger partial charge in [0.15, 0.2) is 0 Å². The van der Waals surface area contributed by atoms with Crippen LogP contribution in [-0.4, -0.2) is 30.4 Å². The lowest BCUT2D eigenvalue weighted by Gasteiger charge is -2.33. The fourth-order valence-electron chi connectivity index (χ4n) is 2.08. The van der Waals surface area contributed by atoms with Crippen LogP contribution < -0.4 is 0 Å². The highest BCUT2D eigenvalue weighted by Crippen LogP contribution is 2.28. The minimum absolute atomic E-state index is 0.281. The molecule has 1 aromatic carbocycles. The lowest BCUT2D eigenvalue weighted by molar-refractivity contribution is -0.135. The van der Waals surface area contributed by atoms with Crippen LogP contribution in [0.3, 0.4) is 0 Å². The Morgan fingerprint density at radius 2 is 2.04 bits per heavy atom. The maximum atomic E-state index is 11.2. The Morgan fingerprint density at radius 3 is 2.61 bits per heavy atom. The molecular formula is C19H24O4. The van der Waals surface area contributed by atoms with Gasteiger partial charge in [-0.25, -0.2) is 4.79 Å². The van der Waals surface area contributed by atoms with E-state index >= 15 is 0 Å². The summed E-state index contributed by atoms with van der Waals surface area (Å²) in [5.74, 6) is 2.06. The monoisotopic (exact) mass is 316 g/mol. The molecule has 0 fully saturated rings. The number of methoxy groups -OCH3 is 1. The number of ether oxygens (including phenoxy) is 2. The van der Waals surface area contributed by atoms with Crippen molar-refractivity contribution in [1.82, 2.24) is 0 Å². The Bertz CT molecular complexity index is 554. The molecule has 0 bridgehead atoms. The maximum Gasteiger partial charge on any atom is 0.330 e. The Balaban J connectivity index is 2.76. The molecule has 1 rings (SSSR count). The molecule has 4 heteroatoms. The molecule has 23 heavy (non-hydrogen) atoms. The Kier molecular flexibility index (Phi) is 7.53. The molecule has 0 heterocycles. The molecule has 1 unspecified atom stereocenters. The molecule has 0 amide bonds. The van der Waals surface area contributed by atoms with E-state index in [9.17, 15) is 9.90 Å². The summed E-state index contributed by atoms with van der Waals surface area (Å²) in [7, 11) is 1.31. The molecule has 0 spiro atoms. The predicted molar refractivity (Wildman–Crippen MR) is 89.4 cm³/mol. The van der Waals surface area contributed by atoms with Gasteiger partial charge >= 0.3 is 5.97 Å². The molecule has 1 aromatic rings. The second-order valence-corrected chi connectivity index (χ2v) is 5.87. The van der Waals surface area contributed by atoms with E-state index in [-0.39, 0.29) is 6.42 Å². The molecule has 4 nitrogen and oxygen atoms in total. The van der Waals surface area contributed by atoms with Crippen LogP contribution >= 0.6 is 0 Å². The molecule has 0 aliphatic carbocycles. The molecule has 124 valence electrons. The molecular weight excluding hydrogens is 292 g/mol. The standard InChI is InChI=1S/C19H24O4/c1-5-9-16(23-14-15-10-7-6-8-11-15)18(21)19(2,3)13-12-17(20)22-4/h1,6-8,10-13,16,18,21H,9,14H2,2-4H3/b13-12+/t16?,18-/m0/s1. The summed E-state index contributed by atoms with van der Waals surface area (Å²) < 4.78 is 10.4. The van der Waals surface area contributed by atoms with E-state index < -0.39 is 23.6 Å². The van der Waals surface area contributed by atoms with E-state index in [0.717, 1.165) is 5.56 Å². The summed E-state index contributed by atoms with van der Waals surface area (Å²) >= 11 is 0.